The fraction of sp³-hybridized carbons (Fsp3) is 0. The highest BCUT2D eigenvalue weighted by Gasteiger charge is 2.16. The molecule has 1 aromatic carbocycles. The fourth-order valence-corrected chi connectivity index (χ4v) is 1.69. The van der Waals surface area contributed by atoms with Crippen LogP contribution in [0.3, 0.4) is 0 Å². The van der Waals surface area contributed by atoms with Gasteiger partial charge in [-0.05, 0) is 40.2 Å². The van der Waals surface area contributed by atoms with Crippen molar-refractivity contribution in [1.82, 2.24) is 4.98 Å². The summed E-state index contributed by atoms with van der Waals surface area (Å²) in [6, 6.07) is 6.65. The SMILES string of the molecule is O=C(Nc1ccc(Br)cn1)c1ccc([N+](=O)[O-])c(O)c1. The zero-order valence-corrected chi connectivity index (χ0v) is 11.5. The van der Waals surface area contributed by atoms with E-state index < -0.39 is 22.3 Å². The lowest BCUT2D eigenvalue weighted by molar-refractivity contribution is -0.385. The Kier molecular flexibility index (Phi) is 3.94. The second-order valence-electron chi connectivity index (χ2n) is 3.78. The van der Waals surface area contributed by atoms with E-state index in [0.29, 0.717) is 5.82 Å². The number of phenols is 1. The molecule has 0 aliphatic rings. The van der Waals surface area contributed by atoms with Crippen LogP contribution in [0.15, 0.2) is 41.0 Å². The van der Waals surface area contributed by atoms with E-state index in [2.05, 4.69) is 26.2 Å². The number of nitro benzene ring substituents is 1. The lowest BCUT2D eigenvalue weighted by Gasteiger charge is -2.05. The number of aromatic hydroxyl groups is 1. The average Bonchev–Trinajstić information content (AvgIpc) is 2.40. The summed E-state index contributed by atoms with van der Waals surface area (Å²) >= 11 is 3.22. The molecule has 20 heavy (non-hydrogen) atoms. The van der Waals surface area contributed by atoms with E-state index in [4.69, 9.17) is 0 Å². The molecule has 0 aliphatic carbocycles. The van der Waals surface area contributed by atoms with Crippen LogP contribution in [0.1, 0.15) is 10.4 Å². The Balaban J connectivity index is 2.19. The Labute approximate surface area is 121 Å². The highest BCUT2D eigenvalue weighted by atomic mass is 79.9. The maximum atomic E-state index is 11.9. The molecule has 2 rings (SSSR count). The van der Waals surface area contributed by atoms with Gasteiger partial charge < -0.3 is 10.4 Å². The number of phenolic OH excluding ortho intramolecular Hbond substituents is 1. The number of carbonyl (C=O) groups excluding carboxylic acids is 1. The quantitative estimate of drug-likeness (QED) is 0.661. The molecule has 102 valence electrons. The number of benzene rings is 1. The van der Waals surface area contributed by atoms with E-state index in [0.717, 1.165) is 16.6 Å². The van der Waals surface area contributed by atoms with Gasteiger partial charge in [-0.1, -0.05) is 0 Å². The van der Waals surface area contributed by atoms with Crippen LogP contribution in [0.5, 0.6) is 5.75 Å². The van der Waals surface area contributed by atoms with Crippen LogP contribution in [0.2, 0.25) is 0 Å². The summed E-state index contributed by atoms with van der Waals surface area (Å²) in [6.07, 6.45) is 1.52. The van der Waals surface area contributed by atoms with E-state index in [-0.39, 0.29) is 5.56 Å². The summed E-state index contributed by atoms with van der Waals surface area (Å²) in [7, 11) is 0. The van der Waals surface area contributed by atoms with Crippen LogP contribution in [-0.4, -0.2) is 20.9 Å². The van der Waals surface area contributed by atoms with Gasteiger partial charge in [0, 0.05) is 22.3 Å². The molecule has 0 bridgehead atoms. The molecule has 0 radical (unpaired) electrons. The van der Waals surface area contributed by atoms with Crippen LogP contribution >= 0.6 is 15.9 Å². The molecule has 0 atom stereocenters. The molecule has 2 aromatic rings. The van der Waals surface area contributed by atoms with E-state index in [1.165, 1.54) is 12.3 Å². The van der Waals surface area contributed by atoms with Crippen molar-refractivity contribution in [1.29, 1.82) is 0 Å². The lowest BCUT2D eigenvalue weighted by Crippen LogP contribution is -2.12. The Hall–Kier alpha value is -2.48. The van der Waals surface area contributed by atoms with Gasteiger partial charge in [-0.2, -0.15) is 0 Å². The van der Waals surface area contributed by atoms with E-state index in [1.54, 1.807) is 12.1 Å². The van der Waals surface area contributed by atoms with Crippen LogP contribution in [-0.2, 0) is 0 Å². The summed E-state index contributed by atoms with van der Waals surface area (Å²) in [5, 5.41) is 22.5. The average molecular weight is 338 g/mol. The number of hydrogen-bond donors (Lipinski definition) is 2. The predicted molar refractivity (Wildman–Crippen MR) is 74.7 cm³/mol. The number of amides is 1. The molecule has 0 fully saturated rings. The topological polar surface area (TPSA) is 105 Å². The molecule has 7 nitrogen and oxygen atoms in total. The number of nitrogens with one attached hydrogen (secondary N) is 1. The minimum atomic E-state index is -0.729. The zero-order chi connectivity index (χ0) is 14.7. The number of carbonyl (C=O) groups is 1. The summed E-state index contributed by atoms with van der Waals surface area (Å²) < 4.78 is 0.767. The minimum absolute atomic E-state index is 0.0952. The van der Waals surface area contributed by atoms with Crippen molar-refractivity contribution < 1.29 is 14.8 Å². The number of rotatable bonds is 3. The van der Waals surface area contributed by atoms with Crippen molar-refractivity contribution in [2.45, 2.75) is 0 Å². The zero-order valence-electron chi connectivity index (χ0n) is 9.91. The summed E-state index contributed by atoms with van der Waals surface area (Å²) in [6.45, 7) is 0. The van der Waals surface area contributed by atoms with Crippen molar-refractivity contribution in [2.75, 3.05) is 5.32 Å². The maximum Gasteiger partial charge on any atom is 0.310 e. The Morgan fingerprint density at radius 2 is 2.10 bits per heavy atom. The van der Waals surface area contributed by atoms with Crippen molar-refractivity contribution in [3.05, 3.63) is 56.7 Å². The molecule has 8 heteroatoms. The molecule has 0 unspecified atom stereocenters. The van der Waals surface area contributed by atoms with Gasteiger partial charge >= 0.3 is 5.69 Å². The second kappa shape index (κ2) is 5.66. The van der Waals surface area contributed by atoms with Gasteiger partial charge in [0.05, 0.1) is 4.92 Å². The van der Waals surface area contributed by atoms with Crippen molar-refractivity contribution >= 4 is 33.3 Å². The highest BCUT2D eigenvalue weighted by Crippen LogP contribution is 2.26. The molecule has 0 saturated heterocycles. The van der Waals surface area contributed by atoms with Gasteiger partial charge in [0.15, 0.2) is 5.75 Å². The molecule has 0 saturated carbocycles. The smallest absolute Gasteiger partial charge is 0.310 e. The molecule has 1 amide bonds. The first-order valence-electron chi connectivity index (χ1n) is 5.37. The number of aromatic nitrogens is 1. The monoisotopic (exact) mass is 337 g/mol. The van der Waals surface area contributed by atoms with Gasteiger partial charge in [-0.15, -0.1) is 0 Å². The minimum Gasteiger partial charge on any atom is -0.502 e. The molecular formula is C12H8BrN3O4. The fourth-order valence-electron chi connectivity index (χ4n) is 1.46. The van der Waals surface area contributed by atoms with E-state index in [9.17, 15) is 20.0 Å². The van der Waals surface area contributed by atoms with Gasteiger partial charge in [0.1, 0.15) is 5.82 Å². The summed E-state index contributed by atoms with van der Waals surface area (Å²) in [5.41, 5.74) is -0.360. The first-order valence-corrected chi connectivity index (χ1v) is 6.17. The summed E-state index contributed by atoms with van der Waals surface area (Å²) in [5.74, 6) is -0.757. The number of anilines is 1. The number of nitrogens with zero attached hydrogens (tertiary/aromatic N) is 2. The van der Waals surface area contributed by atoms with Gasteiger partial charge in [0.25, 0.3) is 5.91 Å². The normalized spacial score (nSPS) is 10.1. The number of hydrogen-bond acceptors (Lipinski definition) is 5. The van der Waals surface area contributed by atoms with Gasteiger partial charge in [0.2, 0.25) is 0 Å². The second-order valence-corrected chi connectivity index (χ2v) is 4.69. The molecule has 1 heterocycles. The van der Waals surface area contributed by atoms with Gasteiger partial charge in [-0.25, -0.2) is 4.98 Å². The Morgan fingerprint density at radius 3 is 2.65 bits per heavy atom. The number of nitro groups is 1. The van der Waals surface area contributed by atoms with E-state index >= 15 is 0 Å². The lowest BCUT2D eigenvalue weighted by atomic mass is 10.2. The third-order valence-electron chi connectivity index (χ3n) is 2.40. The summed E-state index contributed by atoms with van der Waals surface area (Å²) in [4.78, 5) is 25.7. The predicted octanol–water partition coefficient (Wildman–Crippen LogP) is 2.71. The Morgan fingerprint density at radius 1 is 1.35 bits per heavy atom. The van der Waals surface area contributed by atoms with Crippen LogP contribution in [0.25, 0.3) is 0 Å². The van der Waals surface area contributed by atoms with Gasteiger partial charge in [-0.3, -0.25) is 14.9 Å². The molecule has 2 N–H and O–H groups in total. The third-order valence-corrected chi connectivity index (χ3v) is 2.87. The van der Waals surface area contributed by atoms with Crippen molar-refractivity contribution in [2.24, 2.45) is 0 Å². The first kappa shape index (κ1) is 13.9. The van der Waals surface area contributed by atoms with E-state index in [1.807, 2.05) is 0 Å². The standard InChI is InChI=1S/C12H8BrN3O4/c13-8-2-4-11(14-6-8)15-12(18)7-1-3-9(16(19)20)10(17)5-7/h1-6,17H,(H,14,15,18). The number of halogens is 1. The maximum absolute atomic E-state index is 11.9. The van der Waals surface area contributed by atoms with Crippen LogP contribution < -0.4 is 5.32 Å². The largest absolute Gasteiger partial charge is 0.502 e. The van der Waals surface area contributed by atoms with Crippen molar-refractivity contribution in [3.63, 3.8) is 0 Å². The van der Waals surface area contributed by atoms with Crippen LogP contribution in [0.4, 0.5) is 11.5 Å². The highest BCUT2D eigenvalue weighted by molar-refractivity contribution is 9.10. The third kappa shape index (κ3) is 3.09. The molecule has 0 spiro atoms. The van der Waals surface area contributed by atoms with Crippen LogP contribution in [0, 0.1) is 10.1 Å². The molecule has 0 aliphatic heterocycles. The molecule has 1 aromatic heterocycles. The number of pyridine rings is 1. The first-order chi connectivity index (χ1) is 9.47. The molecular weight excluding hydrogens is 330 g/mol. The Bertz CT molecular complexity index is 673. The van der Waals surface area contributed by atoms with Crippen molar-refractivity contribution in [3.8, 4) is 5.75 Å².